The molecule has 2 rings (SSSR count). The van der Waals surface area contributed by atoms with Gasteiger partial charge in [0.25, 0.3) is 5.91 Å². The van der Waals surface area contributed by atoms with Crippen molar-refractivity contribution in [2.24, 2.45) is 0 Å². The molecular formula is C16H14BrCl2NO. The van der Waals surface area contributed by atoms with Crippen molar-refractivity contribution in [3.05, 3.63) is 68.1 Å². The standard InChI is InChI=1S/C16H14BrCl2NO/c1-2-20(10-11-4-3-5-14(18)6-11)16(21)12-7-13(17)9-15(19)8-12/h3-9H,2,10H2,1H3. The first-order chi connectivity index (χ1) is 9.99. The van der Waals surface area contributed by atoms with Crippen molar-refractivity contribution in [3.8, 4) is 0 Å². The normalized spacial score (nSPS) is 10.5. The summed E-state index contributed by atoms with van der Waals surface area (Å²) < 4.78 is 0.789. The second kappa shape index (κ2) is 7.30. The van der Waals surface area contributed by atoms with E-state index in [4.69, 9.17) is 23.2 Å². The maximum absolute atomic E-state index is 12.6. The molecule has 21 heavy (non-hydrogen) atoms. The summed E-state index contributed by atoms with van der Waals surface area (Å²) in [6.45, 7) is 3.07. The van der Waals surface area contributed by atoms with Gasteiger partial charge in [0.2, 0.25) is 0 Å². The second-order valence-corrected chi connectivity index (χ2v) is 6.40. The number of carbonyl (C=O) groups excluding carboxylic acids is 1. The van der Waals surface area contributed by atoms with Gasteiger partial charge in [-0.15, -0.1) is 0 Å². The van der Waals surface area contributed by atoms with Gasteiger partial charge in [0.1, 0.15) is 0 Å². The van der Waals surface area contributed by atoms with E-state index in [0.29, 0.717) is 28.7 Å². The van der Waals surface area contributed by atoms with Gasteiger partial charge in [-0.3, -0.25) is 4.79 Å². The third kappa shape index (κ3) is 4.47. The van der Waals surface area contributed by atoms with E-state index in [1.807, 2.05) is 31.2 Å². The van der Waals surface area contributed by atoms with Gasteiger partial charge in [0, 0.05) is 33.2 Å². The largest absolute Gasteiger partial charge is 0.335 e. The summed E-state index contributed by atoms with van der Waals surface area (Å²) in [4.78, 5) is 14.3. The fourth-order valence-corrected chi connectivity index (χ4v) is 3.12. The zero-order chi connectivity index (χ0) is 15.4. The van der Waals surface area contributed by atoms with E-state index in [2.05, 4.69) is 15.9 Å². The van der Waals surface area contributed by atoms with Crippen molar-refractivity contribution in [2.75, 3.05) is 6.54 Å². The van der Waals surface area contributed by atoms with Crippen LogP contribution in [-0.4, -0.2) is 17.4 Å². The van der Waals surface area contributed by atoms with Crippen LogP contribution in [0.2, 0.25) is 10.0 Å². The number of hydrogen-bond donors (Lipinski definition) is 0. The maximum atomic E-state index is 12.6. The highest BCUT2D eigenvalue weighted by Gasteiger charge is 2.15. The molecule has 2 nitrogen and oxygen atoms in total. The lowest BCUT2D eigenvalue weighted by atomic mass is 10.1. The van der Waals surface area contributed by atoms with Crippen molar-refractivity contribution in [1.29, 1.82) is 0 Å². The summed E-state index contributed by atoms with van der Waals surface area (Å²) in [6.07, 6.45) is 0. The predicted molar refractivity (Wildman–Crippen MR) is 91.0 cm³/mol. The number of rotatable bonds is 4. The number of carbonyl (C=O) groups is 1. The molecule has 0 saturated carbocycles. The summed E-state index contributed by atoms with van der Waals surface area (Å²) in [7, 11) is 0. The van der Waals surface area contributed by atoms with Crippen molar-refractivity contribution in [3.63, 3.8) is 0 Å². The van der Waals surface area contributed by atoms with Gasteiger partial charge in [-0.25, -0.2) is 0 Å². The Labute approximate surface area is 142 Å². The monoisotopic (exact) mass is 385 g/mol. The first kappa shape index (κ1) is 16.3. The first-order valence-electron chi connectivity index (χ1n) is 6.49. The third-order valence-corrected chi connectivity index (χ3v) is 3.95. The molecule has 2 aromatic rings. The van der Waals surface area contributed by atoms with Gasteiger partial charge in [-0.2, -0.15) is 0 Å². The molecule has 0 saturated heterocycles. The molecule has 0 bridgehead atoms. The highest BCUT2D eigenvalue weighted by Crippen LogP contribution is 2.21. The summed E-state index contributed by atoms with van der Waals surface area (Å²) in [5.74, 6) is -0.0549. The number of benzene rings is 2. The van der Waals surface area contributed by atoms with Crippen LogP contribution in [0.3, 0.4) is 0 Å². The van der Waals surface area contributed by atoms with E-state index < -0.39 is 0 Å². The fraction of sp³-hybridized carbons (Fsp3) is 0.188. The van der Waals surface area contributed by atoms with E-state index in [9.17, 15) is 4.79 Å². The van der Waals surface area contributed by atoms with Crippen LogP contribution in [0.4, 0.5) is 0 Å². The van der Waals surface area contributed by atoms with Crippen molar-refractivity contribution >= 4 is 45.0 Å². The van der Waals surface area contributed by atoms with Gasteiger partial charge in [-0.05, 0) is 42.8 Å². The van der Waals surface area contributed by atoms with Crippen molar-refractivity contribution < 1.29 is 4.79 Å². The summed E-state index contributed by atoms with van der Waals surface area (Å²) in [5, 5.41) is 1.20. The number of hydrogen-bond acceptors (Lipinski definition) is 1. The van der Waals surface area contributed by atoms with Crippen LogP contribution < -0.4 is 0 Å². The average molecular weight is 387 g/mol. The molecule has 0 aliphatic heterocycles. The maximum Gasteiger partial charge on any atom is 0.254 e. The molecule has 0 fully saturated rings. The van der Waals surface area contributed by atoms with E-state index >= 15 is 0 Å². The summed E-state index contributed by atoms with van der Waals surface area (Å²) in [6, 6.07) is 12.7. The molecule has 0 N–H and O–H groups in total. The quantitative estimate of drug-likeness (QED) is 0.687. The Bertz CT molecular complexity index is 640. The zero-order valence-corrected chi connectivity index (χ0v) is 14.5. The predicted octanol–water partition coefficient (Wildman–Crippen LogP) is 5.42. The van der Waals surface area contributed by atoms with E-state index in [0.717, 1.165) is 10.0 Å². The minimum atomic E-state index is -0.0549. The van der Waals surface area contributed by atoms with Gasteiger partial charge in [0.15, 0.2) is 0 Å². The molecule has 0 aliphatic rings. The molecule has 110 valence electrons. The Morgan fingerprint density at radius 3 is 2.52 bits per heavy atom. The second-order valence-electron chi connectivity index (χ2n) is 4.61. The van der Waals surface area contributed by atoms with Crippen LogP contribution in [0.15, 0.2) is 46.9 Å². The molecule has 0 radical (unpaired) electrons. The molecule has 0 heterocycles. The topological polar surface area (TPSA) is 20.3 Å². The number of nitrogens with zero attached hydrogens (tertiary/aromatic N) is 1. The number of halogens is 3. The summed E-state index contributed by atoms with van der Waals surface area (Å²) in [5.41, 5.74) is 1.57. The van der Waals surface area contributed by atoms with Crippen molar-refractivity contribution in [2.45, 2.75) is 13.5 Å². The van der Waals surface area contributed by atoms with E-state index in [1.54, 1.807) is 23.1 Å². The third-order valence-electron chi connectivity index (χ3n) is 3.04. The lowest BCUT2D eigenvalue weighted by molar-refractivity contribution is 0.0752. The molecule has 0 spiro atoms. The number of amides is 1. The van der Waals surface area contributed by atoms with E-state index in [1.165, 1.54) is 0 Å². The Balaban J connectivity index is 2.22. The zero-order valence-electron chi connectivity index (χ0n) is 11.4. The molecule has 5 heteroatoms. The van der Waals surface area contributed by atoms with Gasteiger partial charge >= 0.3 is 0 Å². The van der Waals surface area contributed by atoms with Crippen LogP contribution in [0.5, 0.6) is 0 Å². The minimum absolute atomic E-state index is 0.0549. The van der Waals surface area contributed by atoms with Crippen LogP contribution in [0.1, 0.15) is 22.8 Å². The highest BCUT2D eigenvalue weighted by atomic mass is 79.9. The van der Waals surface area contributed by atoms with Gasteiger partial charge in [-0.1, -0.05) is 51.3 Å². The molecule has 2 aromatic carbocycles. The molecule has 0 aliphatic carbocycles. The molecule has 0 atom stereocenters. The van der Waals surface area contributed by atoms with Crippen LogP contribution >= 0.6 is 39.1 Å². The minimum Gasteiger partial charge on any atom is -0.335 e. The SMILES string of the molecule is CCN(Cc1cccc(Cl)c1)C(=O)c1cc(Cl)cc(Br)c1. The summed E-state index contributed by atoms with van der Waals surface area (Å²) >= 11 is 15.3. The fourth-order valence-electron chi connectivity index (χ4n) is 2.04. The Kier molecular flexibility index (Phi) is 5.68. The van der Waals surface area contributed by atoms with Crippen LogP contribution in [0.25, 0.3) is 0 Å². The lowest BCUT2D eigenvalue weighted by Crippen LogP contribution is -2.30. The van der Waals surface area contributed by atoms with Crippen molar-refractivity contribution in [1.82, 2.24) is 4.90 Å². The Morgan fingerprint density at radius 1 is 1.14 bits per heavy atom. The van der Waals surface area contributed by atoms with Gasteiger partial charge < -0.3 is 4.90 Å². The Hall–Kier alpha value is -1.03. The van der Waals surface area contributed by atoms with Crippen LogP contribution in [0, 0.1) is 0 Å². The smallest absolute Gasteiger partial charge is 0.254 e. The molecular weight excluding hydrogens is 373 g/mol. The Morgan fingerprint density at radius 2 is 1.90 bits per heavy atom. The average Bonchev–Trinajstić information content (AvgIpc) is 2.43. The molecule has 1 amide bonds. The lowest BCUT2D eigenvalue weighted by Gasteiger charge is -2.21. The molecule has 0 unspecified atom stereocenters. The van der Waals surface area contributed by atoms with E-state index in [-0.39, 0.29) is 5.91 Å². The first-order valence-corrected chi connectivity index (χ1v) is 8.04. The van der Waals surface area contributed by atoms with Crippen LogP contribution in [-0.2, 0) is 6.54 Å². The highest BCUT2D eigenvalue weighted by molar-refractivity contribution is 9.10. The van der Waals surface area contributed by atoms with Gasteiger partial charge in [0.05, 0.1) is 0 Å². The molecule has 0 aromatic heterocycles.